The van der Waals surface area contributed by atoms with Crippen LogP contribution in [0.2, 0.25) is 0 Å². The van der Waals surface area contributed by atoms with Crippen LogP contribution in [-0.2, 0) is 0 Å². The van der Waals surface area contributed by atoms with Gasteiger partial charge in [-0.05, 0) is 70.3 Å². The molecule has 23 heavy (non-hydrogen) atoms. The molecule has 1 aliphatic rings. The lowest BCUT2D eigenvalue weighted by Gasteiger charge is -2.33. The van der Waals surface area contributed by atoms with Gasteiger partial charge in [-0.25, -0.2) is 0 Å². The van der Waals surface area contributed by atoms with Gasteiger partial charge in [-0.2, -0.15) is 0 Å². The fourth-order valence-electron chi connectivity index (χ4n) is 3.28. The molecule has 0 fully saturated rings. The summed E-state index contributed by atoms with van der Waals surface area (Å²) in [5, 5.41) is 30.6. The van der Waals surface area contributed by atoms with Gasteiger partial charge in [-0.3, -0.25) is 0 Å². The molecule has 0 aliphatic heterocycles. The van der Waals surface area contributed by atoms with E-state index in [4.69, 9.17) is 0 Å². The zero-order valence-corrected chi connectivity index (χ0v) is 15.1. The molecule has 4 atom stereocenters. The van der Waals surface area contributed by atoms with E-state index in [2.05, 4.69) is 39.8 Å². The summed E-state index contributed by atoms with van der Waals surface area (Å²) in [6, 6.07) is 0. The summed E-state index contributed by atoms with van der Waals surface area (Å²) in [5.41, 5.74) is 3.15. The molecule has 3 heteroatoms. The predicted octanol–water partition coefficient (Wildman–Crippen LogP) is 3.76. The summed E-state index contributed by atoms with van der Waals surface area (Å²) in [6.07, 6.45) is 8.94. The summed E-state index contributed by atoms with van der Waals surface area (Å²) >= 11 is 0. The second-order valence-corrected chi connectivity index (χ2v) is 7.20. The molecule has 0 aromatic heterocycles. The summed E-state index contributed by atoms with van der Waals surface area (Å²) in [4.78, 5) is 0. The Morgan fingerprint density at radius 1 is 1.30 bits per heavy atom. The van der Waals surface area contributed by atoms with Gasteiger partial charge in [0, 0.05) is 0 Å². The number of rotatable bonds is 5. The van der Waals surface area contributed by atoms with E-state index in [1.165, 1.54) is 11.1 Å². The first-order valence-electron chi connectivity index (χ1n) is 8.81. The van der Waals surface area contributed by atoms with E-state index in [9.17, 15) is 15.3 Å². The average Bonchev–Trinajstić information content (AvgIpc) is 2.50. The third-order valence-electron chi connectivity index (χ3n) is 4.95. The highest BCUT2D eigenvalue weighted by atomic mass is 16.3. The van der Waals surface area contributed by atoms with E-state index in [0.717, 1.165) is 25.7 Å². The van der Waals surface area contributed by atoms with Crippen LogP contribution in [0.1, 0.15) is 59.8 Å². The molecular weight excluding hydrogens is 288 g/mol. The van der Waals surface area contributed by atoms with Gasteiger partial charge in [0.15, 0.2) is 0 Å². The van der Waals surface area contributed by atoms with E-state index in [1.807, 2.05) is 6.08 Å². The van der Waals surface area contributed by atoms with Crippen LogP contribution in [0.25, 0.3) is 0 Å². The van der Waals surface area contributed by atoms with Gasteiger partial charge in [-0.15, -0.1) is 0 Å². The van der Waals surface area contributed by atoms with Crippen LogP contribution in [-0.4, -0.2) is 34.1 Å². The fraction of sp³-hybridized carbons (Fsp3) is 0.700. The van der Waals surface area contributed by atoms with Crippen molar-refractivity contribution in [2.45, 2.75) is 72.0 Å². The minimum absolute atomic E-state index is 0.0342. The Hall–Kier alpha value is -0.900. The third kappa shape index (κ3) is 6.62. The monoisotopic (exact) mass is 322 g/mol. The Morgan fingerprint density at radius 3 is 2.61 bits per heavy atom. The summed E-state index contributed by atoms with van der Waals surface area (Å²) in [7, 11) is 0. The van der Waals surface area contributed by atoms with Crippen molar-refractivity contribution in [1.29, 1.82) is 0 Å². The first kappa shape index (κ1) is 20.1. The van der Waals surface area contributed by atoms with Gasteiger partial charge >= 0.3 is 0 Å². The number of aliphatic hydroxyl groups excluding tert-OH is 3. The van der Waals surface area contributed by atoms with Crippen molar-refractivity contribution in [1.82, 2.24) is 0 Å². The van der Waals surface area contributed by atoms with Crippen LogP contribution in [0.4, 0.5) is 0 Å². The highest BCUT2D eigenvalue weighted by Gasteiger charge is 2.32. The van der Waals surface area contributed by atoms with Gasteiger partial charge in [0.25, 0.3) is 0 Å². The maximum Gasteiger partial charge on any atom is 0.103 e. The quantitative estimate of drug-likeness (QED) is 0.676. The third-order valence-corrected chi connectivity index (χ3v) is 4.95. The maximum absolute atomic E-state index is 10.7. The smallest absolute Gasteiger partial charge is 0.103 e. The predicted molar refractivity (Wildman–Crippen MR) is 96.1 cm³/mol. The van der Waals surface area contributed by atoms with E-state index < -0.39 is 12.2 Å². The van der Waals surface area contributed by atoms with E-state index in [-0.39, 0.29) is 12.5 Å². The summed E-state index contributed by atoms with van der Waals surface area (Å²) in [5.74, 6) is 0.356. The Labute approximate surface area is 141 Å². The molecule has 3 N–H and O–H groups in total. The number of hydrogen-bond acceptors (Lipinski definition) is 3. The zero-order chi connectivity index (χ0) is 17.4. The SMILES string of the molecule is CC(C)=CCCC(C)[C@@H]1CC/C(C)=C/C/C=C(/CO)[C@H](O)[C@@H]1O. The first-order valence-corrected chi connectivity index (χ1v) is 8.81. The molecule has 0 saturated heterocycles. The first-order chi connectivity index (χ1) is 10.9. The van der Waals surface area contributed by atoms with E-state index >= 15 is 0 Å². The molecule has 1 rings (SSSR count). The average molecular weight is 322 g/mol. The highest BCUT2D eigenvalue weighted by molar-refractivity contribution is 5.15. The lowest BCUT2D eigenvalue weighted by Crippen LogP contribution is -2.39. The summed E-state index contributed by atoms with van der Waals surface area (Å²) in [6.45, 7) is 8.26. The van der Waals surface area contributed by atoms with Crippen LogP contribution in [0.5, 0.6) is 0 Å². The summed E-state index contributed by atoms with van der Waals surface area (Å²) < 4.78 is 0. The van der Waals surface area contributed by atoms with Crippen LogP contribution < -0.4 is 0 Å². The van der Waals surface area contributed by atoms with Gasteiger partial charge in [0.05, 0.1) is 12.7 Å². The fourth-order valence-corrected chi connectivity index (χ4v) is 3.28. The molecule has 0 aromatic rings. The molecule has 0 bridgehead atoms. The maximum atomic E-state index is 10.7. The number of hydrogen-bond donors (Lipinski definition) is 3. The molecule has 0 spiro atoms. The lowest BCUT2D eigenvalue weighted by atomic mass is 9.78. The van der Waals surface area contributed by atoms with Gasteiger partial charge < -0.3 is 15.3 Å². The van der Waals surface area contributed by atoms with Gasteiger partial charge in [0.2, 0.25) is 0 Å². The van der Waals surface area contributed by atoms with E-state index in [1.54, 1.807) is 0 Å². The highest BCUT2D eigenvalue weighted by Crippen LogP contribution is 2.31. The molecule has 0 heterocycles. The van der Waals surface area contributed by atoms with Crippen molar-refractivity contribution in [3.63, 3.8) is 0 Å². The second kappa shape index (κ2) is 10.1. The molecule has 132 valence electrons. The van der Waals surface area contributed by atoms with Crippen molar-refractivity contribution in [2.24, 2.45) is 11.8 Å². The Morgan fingerprint density at radius 2 is 2.00 bits per heavy atom. The topological polar surface area (TPSA) is 60.7 Å². The minimum Gasteiger partial charge on any atom is -0.392 e. The normalized spacial score (nSPS) is 32.2. The van der Waals surface area contributed by atoms with Crippen LogP contribution in [0.15, 0.2) is 34.9 Å². The molecule has 0 radical (unpaired) electrons. The van der Waals surface area contributed by atoms with Crippen molar-refractivity contribution in [3.8, 4) is 0 Å². The Bertz CT molecular complexity index is 444. The van der Waals surface area contributed by atoms with Crippen LogP contribution in [0, 0.1) is 11.8 Å². The van der Waals surface area contributed by atoms with Crippen molar-refractivity contribution in [2.75, 3.05) is 6.61 Å². The number of allylic oxidation sites excluding steroid dienone is 5. The molecule has 0 saturated carbocycles. The lowest BCUT2D eigenvalue weighted by molar-refractivity contribution is -0.0224. The second-order valence-electron chi connectivity index (χ2n) is 7.20. The molecule has 3 nitrogen and oxygen atoms in total. The Balaban J connectivity index is 2.89. The molecule has 1 aliphatic carbocycles. The largest absolute Gasteiger partial charge is 0.392 e. The van der Waals surface area contributed by atoms with Gasteiger partial charge in [-0.1, -0.05) is 36.3 Å². The zero-order valence-electron chi connectivity index (χ0n) is 15.1. The van der Waals surface area contributed by atoms with Gasteiger partial charge in [0.1, 0.15) is 6.10 Å². The molecular formula is C20H34O3. The molecule has 0 aromatic carbocycles. The molecule has 1 unspecified atom stereocenters. The molecule has 0 amide bonds. The van der Waals surface area contributed by atoms with Crippen molar-refractivity contribution >= 4 is 0 Å². The van der Waals surface area contributed by atoms with Crippen molar-refractivity contribution in [3.05, 3.63) is 34.9 Å². The standard InChI is InChI=1S/C20H34O3/c1-14(2)7-5-9-16(4)18-12-11-15(3)8-6-10-17(13-21)19(22)20(18)23/h7-8,10,16,18-23H,5-6,9,11-13H2,1-4H3/b15-8+,17-10-/t16?,18-,19-,20+/m0/s1. The van der Waals surface area contributed by atoms with Crippen molar-refractivity contribution < 1.29 is 15.3 Å². The Kier molecular flexibility index (Phi) is 8.82. The van der Waals surface area contributed by atoms with Crippen LogP contribution >= 0.6 is 0 Å². The van der Waals surface area contributed by atoms with E-state index in [0.29, 0.717) is 17.9 Å². The number of aliphatic hydroxyl groups is 3. The minimum atomic E-state index is -0.970. The van der Waals surface area contributed by atoms with Crippen LogP contribution in [0.3, 0.4) is 0 Å².